The minimum absolute atomic E-state index is 0. The third-order valence-electron chi connectivity index (χ3n) is 3.49. The fraction of sp³-hybridized carbons (Fsp3) is 0.909. The Kier molecular flexibility index (Phi) is 3.67. The van der Waals surface area contributed by atoms with Gasteiger partial charge in [-0.2, -0.15) is 0 Å². The van der Waals surface area contributed by atoms with Gasteiger partial charge in [0.15, 0.2) is 0 Å². The number of hydrogen-bond acceptors (Lipinski definition) is 2. The van der Waals surface area contributed by atoms with Gasteiger partial charge in [0, 0.05) is 31.6 Å². The van der Waals surface area contributed by atoms with Crippen molar-refractivity contribution in [1.82, 2.24) is 10.2 Å². The summed E-state index contributed by atoms with van der Waals surface area (Å²) < 4.78 is 0. The number of hydrogen-bond donors (Lipinski definition) is 1. The molecule has 1 aliphatic carbocycles. The molecule has 0 aromatic rings. The number of piperazine rings is 1. The molecule has 88 valence electrons. The van der Waals surface area contributed by atoms with Crippen LogP contribution in [-0.4, -0.2) is 36.5 Å². The van der Waals surface area contributed by atoms with Gasteiger partial charge in [0.2, 0.25) is 5.91 Å². The van der Waals surface area contributed by atoms with Crippen LogP contribution < -0.4 is 5.32 Å². The van der Waals surface area contributed by atoms with E-state index in [1.54, 1.807) is 0 Å². The number of nitrogens with zero attached hydrogens (tertiary/aromatic N) is 1. The maximum Gasteiger partial charge on any atom is 0.226 e. The molecule has 2 aliphatic rings. The summed E-state index contributed by atoms with van der Waals surface area (Å²) in [5.74, 6) is 0.677. The highest BCUT2D eigenvalue weighted by Crippen LogP contribution is 2.52. The Labute approximate surface area is 98.0 Å². The van der Waals surface area contributed by atoms with Crippen molar-refractivity contribution in [2.75, 3.05) is 19.6 Å². The first-order valence-corrected chi connectivity index (χ1v) is 5.53. The van der Waals surface area contributed by atoms with Crippen LogP contribution in [0.4, 0.5) is 0 Å². The maximum absolute atomic E-state index is 12.0. The van der Waals surface area contributed by atoms with Crippen molar-refractivity contribution in [2.24, 2.45) is 11.3 Å². The van der Waals surface area contributed by atoms with Gasteiger partial charge in [-0.1, -0.05) is 13.8 Å². The summed E-state index contributed by atoms with van der Waals surface area (Å²) in [4.78, 5) is 14.0. The summed E-state index contributed by atoms with van der Waals surface area (Å²) >= 11 is 0. The van der Waals surface area contributed by atoms with Gasteiger partial charge in [-0.05, 0) is 18.8 Å². The quantitative estimate of drug-likeness (QED) is 0.739. The third-order valence-corrected chi connectivity index (χ3v) is 3.49. The monoisotopic (exact) mass is 232 g/mol. The minimum Gasteiger partial charge on any atom is -0.340 e. The Morgan fingerprint density at radius 3 is 2.53 bits per heavy atom. The number of amides is 1. The van der Waals surface area contributed by atoms with E-state index in [2.05, 4.69) is 26.1 Å². The van der Waals surface area contributed by atoms with Crippen LogP contribution in [-0.2, 0) is 4.79 Å². The molecule has 0 spiro atoms. The lowest BCUT2D eigenvalue weighted by molar-refractivity contribution is -0.134. The van der Waals surface area contributed by atoms with Crippen molar-refractivity contribution in [2.45, 2.75) is 33.2 Å². The van der Waals surface area contributed by atoms with E-state index in [-0.39, 0.29) is 17.8 Å². The Hall–Kier alpha value is -0.280. The SMILES string of the molecule is C[C@H]1CN(C(=O)[C@H]2CC2(C)C)CCN1.Cl. The molecule has 0 unspecified atom stereocenters. The molecule has 15 heavy (non-hydrogen) atoms. The summed E-state index contributed by atoms with van der Waals surface area (Å²) in [6, 6.07) is 0.453. The molecule has 1 aliphatic heterocycles. The molecule has 1 saturated heterocycles. The van der Waals surface area contributed by atoms with Gasteiger partial charge in [0.05, 0.1) is 0 Å². The first-order chi connectivity index (χ1) is 6.50. The zero-order chi connectivity index (χ0) is 10.3. The number of carbonyl (C=O) groups is 1. The number of carbonyl (C=O) groups excluding carboxylic acids is 1. The topological polar surface area (TPSA) is 32.3 Å². The van der Waals surface area contributed by atoms with Gasteiger partial charge in [0.25, 0.3) is 0 Å². The summed E-state index contributed by atoms with van der Waals surface area (Å²) in [5.41, 5.74) is 0.269. The van der Waals surface area contributed by atoms with Crippen LogP contribution in [0, 0.1) is 11.3 Å². The smallest absolute Gasteiger partial charge is 0.226 e. The molecule has 1 saturated carbocycles. The molecule has 1 amide bonds. The van der Waals surface area contributed by atoms with E-state index in [1.807, 2.05) is 4.90 Å². The van der Waals surface area contributed by atoms with E-state index in [0.717, 1.165) is 26.1 Å². The fourth-order valence-electron chi connectivity index (χ4n) is 2.24. The second kappa shape index (κ2) is 4.30. The first-order valence-electron chi connectivity index (χ1n) is 5.53. The molecule has 3 nitrogen and oxygen atoms in total. The van der Waals surface area contributed by atoms with Crippen molar-refractivity contribution in [3.8, 4) is 0 Å². The van der Waals surface area contributed by atoms with Crippen molar-refractivity contribution >= 4 is 18.3 Å². The zero-order valence-electron chi connectivity index (χ0n) is 9.75. The minimum atomic E-state index is 0. The van der Waals surface area contributed by atoms with Crippen LogP contribution in [0.15, 0.2) is 0 Å². The Morgan fingerprint density at radius 1 is 1.47 bits per heavy atom. The highest BCUT2D eigenvalue weighted by atomic mass is 35.5. The summed E-state index contributed by atoms with van der Waals surface area (Å²) in [6.07, 6.45) is 1.07. The van der Waals surface area contributed by atoms with Crippen LogP contribution in [0.25, 0.3) is 0 Å². The second-order valence-corrected chi connectivity index (χ2v) is 5.38. The second-order valence-electron chi connectivity index (χ2n) is 5.38. The normalized spacial score (nSPS) is 33.1. The molecule has 1 heterocycles. The standard InChI is InChI=1S/C11H20N2O.ClH/c1-8-7-13(5-4-12-8)10(14)9-6-11(9,2)3;/h8-9,12H,4-7H2,1-3H3;1H/t8-,9+;/m0./s1. The Morgan fingerprint density at radius 2 is 2.07 bits per heavy atom. The lowest BCUT2D eigenvalue weighted by Gasteiger charge is -2.32. The Balaban J connectivity index is 0.00000112. The molecule has 2 atom stereocenters. The van der Waals surface area contributed by atoms with E-state index in [4.69, 9.17) is 0 Å². The number of halogens is 1. The maximum atomic E-state index is 12.0. The van der Waals surface area contributed by atoms with Crippen molar-refractivity contribution < 1.29 is 4.79 Å². The molecule has 4 heteroatoms. The third kappa shape index (κ3) is 2.64. The lowest BCUT2D eigenvalue weighted by atomic mass is 10.1. The molecule has 1 N–H and O–H groups in total. The molecule has 0 bridgehead atoms. The van der Waals surface area contributed by atoms with Gasteiger partial charge in [0.1, 0.15) is 0 Å². The van der Waals surface area contributed by atoms with Crippen molar-refractivity contribution in [3.63, 3.8) is 0 Å². The van der Waals surface area contributed by atoms with Crippen LogP contribution in [0.1, 0.15) is 27.2 Å². The molecular weight excluding hydrogens is 212 g/mol. The predicted molar refractivity (Wildman–Crippen MR) is 63.2 cm³/mol. The molecule has 0 aromatic carbocycles. The van der Waals surface area contributed by atoms with Crippen LogP contribution >= 0.6 is 12.4 Å². The van der Waals surface area contributed by atoms with E-state index in [0.29, 0.717) is 17.9 Å². The highest BCUT2D eigenvalue weighted by Gasteiger charge is 2.52. The average Bonchev–Trinajstić information content (AvgIpc) is 2.74. The highest BCUT2D eigenvalue weighted by molar-refractivity contribution is 5.85. The number of nitrogens with one attached hydrogen (secondary N) is 1. The van der Waals surface area contributed by atoms with E-state index >= 15 is 0 Å². The summed E-state index contributed by atoms with van der Waals surface area (Å²) in [7, 11) is 0. The molecule has 2 rings (SSSR count). The van der Waals surface area contributed by atoms with Crippen LogP contribution in [0.5, 0.6) is 0 Å². The van der Waals surface area contributed by atoms with Crippen molar-refractivity contribution in [1.29, 1.82) is 0 Å². The van der Waals surface area contributed by atoms with Crippen LogP contribution in [0.3, 0.4) is 0 Å². The van der Waals surface area contributed by atoms with E-state index < -0.39 is 0 Å². The van der Waals surface area contributed by atoms with Gasteiger partial charge in [-0.3, -0.25) is 4.79 Å². The zero-order valence-corrected chi connectivity index (χ0v) is 10.6. The fourth-order valence-corrected chi connectivity index (χ4v) is 2.24. The van der Waals surface area contributed by atoms with E-state index in [9.17, 15) is 4.79 Å². The predicted octanol–water partition coefficient (Wildman–Crippen LogP) is 1.27. The van der Waals surface area contributed by atoms with E-state index in [1.165, 1.54) is 0 Å². The van der Waals surface area contributed by atoms with Gasteiger partial charge >= 0.3 is 0 Å². The van der Waals surface area contributed by atoms with Crippen molar-refractivity contribution in [3.05, 3.63) is 0 Å². The number of rotatable bonds is 1. The van der Waals surface area contributed by atoms with Gasteiger partial charge in [-0.25, -0.2) is 0 Å². The van der Waals surface area contributed by atoms with Gasteiger partial charge in [-0.15, -0.1) is 12.4 Å². The lowest BCUT2D eigenvalue weighted by Crippen LogP contribution is -2.52. The first kappa shape index (κ1) is 12.8. The molecule has 2 fully saturated rings. The van der Waals surface area contributed by atoms with Crippen LogP contribution in [0.2, 0.25) is 0 Å². The summed E-state index contributed by atoms with van der Waals surface area (Å²) in [5, 5.41) is 3.35. The largest absolute Gasteiger partial charge is 0.340 e. The molecule has 0 aromatic heterocycles. The Bertz CT molecular complexity index is 255. The molecular formula is C11H21ClN2O. The van der Waals surface area contributed by atoms with Gasteiger partial charge < -0.3 is 10.2 Å². The average molecular weight is 233 g/mol. The molecule has 0 radical (unpaired) electrons. The summed E-state index contributed by atoms with van der Waals surface area (Å²) in [6.45, 7) is 9.21.